The third-order valence-electron chi connectivity index (χ3n) is 1.81. The number of halogens is 1. The van der Waals surface area contributed by atoms with E-state index < -0.39 is 0 Å². The average molecular weight is 241 g/mol. The van der Waals surface area contributed by atoms with E-state index in [4.69, 9.17) is 22.1 Å². The second-order valence-electron chi connectivity index (χ2n) is 2.96. The predicted molar refractivity (Wildman–Crippen MR) is 62.3 cm³/mol. The SMILES string of the molecule is Nc1ccc(OCc2cscn2)c(Cl)c1. The van der Waals surface area contributed by atoms with Crippen molar-refractivity contribution >= 4 is 28.6 Å². The van der Waals surface area contributed by atoms with Gasteiger partial charge in [-0.2, -0.15) is 0 Å². The Kier molecular flexibility index (Phi) is 3.08. The summed E-state index contributed by atoms with van der Waals surface area (Å²) in [5, 5.41) is 2.45. The monoisotopic (exact) mass is 240 g/mol. The molecule has 0 fully saturated rings. The highest BCUT2D eigenvalue weighted by molar-refractivity contribution is 7.07. The van der Waals surface area contributed by atoms with E-state index in [0.29, 0.717) is 23.1 Å². The molecule has 15 heavy (non-hydrogen) atoms. The molecular formula is C10H9ClN2OS. The Hall–Kier alpha value is -1.26. The van der Waals surface area contributed by atoms with Crippen LogP contribution in [0.25, 0.3) is 0 Å². The lowest BCUT2D eigenvalue weighted by Gasteiger charge is -2.06. The highest BCUT2D eigenvalue weighted by atomic mass is 35.5. The van der Waals surface area contributed by atoms with E-state index in [-0.39, 0.29) is 0 Å². The highest BCUT2D eigenvalue weighted by Gasteiger charge is 2.02. The lowest BCUT2D eigenvalue weighted by molar-refractivity contribution is 0.302. The van der Waals surface area contributed by atoms with Gasteiger partial charge in [-0.1, -0.05) is 11.6 Å². The van der Waals surface area contributed by atoms with Gasteiger partial charge in [0.2, 0.25) is 0 Å². The zero-order valence-electron chi connectivity index (χ0n) is 7.81. The zero-order valence-corrected chi connectivity index (χ0v) is 9.39. The third kappa shape index (κ3) is 2.61. The van der Waals surface area contributed by atoms with E-state index in [1.54, 1.807) is 23.7 Å². The van der Waals surface area contributed by atoms with E-state index in [0.717, 1.165) is 5.69 Å². The highest BCUT2D eigenvalue weighted by Crippen LogP contribution is 2.26. The van der Waals surface area contributed by atoms with Gasteiger partial charge in [0.1, 0.15) is 12.4 Å². The summed E-state index contributed by atoms with van der Waals surface area (Å²) in [6.45, 7) is 0.424. The van der Waals surface area contributed by atoms with E-state index in [1.165, 1.54) is 11.3 Å². The molecule has 0 aliphatic carbocycles. The lowest BCUT2D eigenvalue weighted by Crippen LogP contribution is -1.96. The van der Waals surface area contributed by atoms with Crippen LogP contribution in [0.15, 0.2) is 29.1 Å². The van der Waals surface area contributed by atoms with E-state index >= 15 is 0 Å². The molecule has 1 heterocycles. The van der Waals surface area contributed by atoms with Crippen LogP contribution >= 0.6 is 22.9 Å². The molecule has 2 aromatic rings. The molecule has 0 saturated heterocycles. The summed E-state index contributed by atoms with van der Waals surface area (Å²) in [7, 11) is 0. The Balaban J connectivity index is 2.05. The lowest BCUT2D eigenvalue weighted by atomic mass is 10.3. The van der Waals surface area contributed by atoms with Crippen LogP contribution in [-0.4, -0.2) is 4.98 Å². The van der Waals surface area contributed by atoms with Crippen molar-refractivity contribution in [1.29, 1.82) is 0 Å². The summed E-state index contributed by atoms with van der Waals surface area (Å²) in [6, 6.07) is 5.17. The van der Waals surface area contributed by atoms with Crippen LogP contribution in [0.3, 0.4) is 0 Å². The maximum absolute atomic E-state index is 5.95. The maximum Gasteiger partial charge on any atom is 0.138 e. The van der Waals surface area contributed by atoms with Crippen molar-refractivity contribution in [1.82, 2.24) is 4.98 Å². The Morgan fingerprint density at radius 3 is 3.00 bits per heavy atom. The summed E-state index contributed by atoms with van der Waals surface area (Å²) < 4.78 is 5.49. The fraction of sp³-hybridized carbons (Fsp3) is 0.100. The first kappa shape index (κ1) is 10.3. The van der Waals surface area contributed by atoms with Crippen LogP contribution in [0.2, 0.25) is 5.02 Å². The number of hydrogen-bond acceptors (Lipinski definition) is 4. The van der Waals surface area contributed by atoms with Crippen molar-refractivity contribution in [3.05, 3.63) is 39.8 Å². The Bertz CT molecular complexity index is 445. The Morgan fingerprint density at radius 2 is 2.33 bits per heavy atom. The molecule has 0 unspecified atom stereocenters. The van der Waals surface area contributed by atoms with Crippen LogP contribution < -0.4 is 10.5 Å². The van der Waals surface area contributed by atoms with E-state index in [1.807, 2.05) is 5.38 Å². The van der Waals surface area contributed by atoms with E-state index in [2.05, 4.69) is 4.98 Å². The minimum Gasteiger partial charge on any atom is -0.486 e. The second kappa shape index (κ2) is 4.51. The number of thiazole rings is 1. The van der Waals surface area contributed by atoms with Crippen molar-refractivity contribution in [2.45, 2.75) is 6.61 Å². The van der Waals surface area contributed by atoms with Crippen molar-refractivity contribution < 1.29 is 4.74 Å². The summed E-state index contributed by atoms with van der Waals surface area (Å²) in [4.78, 5) is 4.10. The van der Waals surface area contributed by atoms with Crippen LogP contribution in [0.5, 0.6) is 5.75 Å². The van der Waals surface area contributed by atoms with Gasteiger partial charge in [-0.3, -0.25) is 0 Å². The molecule has 0 atom stereocenters. The van der Waals surface area contributed by atoms with Crippen LogP contribution in [-0.2, 0) is 6.61 Å². The first-order valence-electron chi connectivity index (χ1n) is 4.30. The summed E-state index contributed by atoms with van der Waals surface area (Å²) in [6.07, 6.45) is 0. The predicted octanol–water partition coefficient (Wildman–Crippen LogP) is 2.96. The van der Waals surface area contributed by atoms with Crippen LogP contribution in [0, 0.1) is 0 Å². The quantitative estimate of drug-likeness (QED) is 0.840. The maximum atomic E-state index is 5.95. The fourth-order valence-electron chi connectivity index (χ4n) is 1.09. The summed E-state index contributed by atoms with van der Waals surface area (Å²) >= 11 is 7.48. The molecule has 0 saturated carbocycles. The minimum atomic E-state index is 0.424. The average Bonchev–Trinajstić information content (AvgIpc) is 2.69. The standard InChI is InChI=1S/C10H9ClN2OS/c11-9-3-7(12)1-2-10(9)14-4-8-5-15-6-13-8/h1-3,5-6H,4,12H2. The van der Waals surface area contributed by atoms with Gasteiger partial charge < -0.3 is 10.5 Å². The fourth-order valence-corrected chi connectivity index (χ4v) is 1.88. The molecule has 78 valence electrons. The summed E-state index contributed by atoms with van der Waals surface area (Å²) in [5.41, 5.74) is 8.86. The van der Waals surface area contributed by atoms with Crippen LogP contribution in [0.1, 0.15) is 5.69 Å². The van der Waals surface area contributed by atoms with Gasteiger partial charge in [0.15, 0.2) is 0 Å². The van der Waals surface area contributed by atoms with Crippen LogP contribution in [0.4, 0.5) is 5.69 Å². The number of hydrogen-bond donors (Lipinski definition) is 1. The van der Waals surface area contributed by atoms with Crippen molar-refractivity contribution in [3.8, 4) is 5.75 Å². The number of nitrogen functional groups attached to an aromatic ring is 1. The van der Waals surface area contributed by atoms with Gasteiger partial charge in [0.05, 0.1) is 16.2 Å². The second-order valence-corrected chi connectivity index (χ2v) is 4.08. The zero-order chi connectivity index (χ0) is 10.7. The molecule has 2 N–H and O–H groups in total. The van der Waals surface area contributed by atoms with Gasteiger partial charge in [0.25, 0.3) is 0 Å². The van der Waals surface area contributed by atoms with Gasteiger partial charge in [0, 0.05) is 11.1 Å². The first-order valence-corrected chi connectivity index (χ1v) is 5.62. The topological polar surface area (TPSA) is 48.1 Å². The number of aromatic nitrogens is 1. The molecule has 3 nitrogen and oxygen atoms in total. The number of anilines is 1. The van der Waals surface area contributed by atoms with Crippen molar-refractivity contribution in [3.63, 3.8) is 0 Å². The van der Waals surface area contributed by atoms with Gasteiger partial charge in [-0.25, -0.2) is 4.98 Å². The molecule has 0 aliphatic rings. The molecule has 2 rings (SSSR count). The number of benzene rings is 1. The summed E-state index contributed by atoms with van der Waals surface area (Å²) in [5.74, 6) is 0.624. The van der Waals surface area contributed by atoms with Gasteiger partial charge in [-0.15, -0.1) is 11.3 Å². The molecule has 0 aliphatic heterocycles. The largest absolute Gasteiger partial charge is 0.486 e. The number of ether oxygens (including phenoxy) is 1. The molecular weight excluding hydrogens is 232 g/mol. The molecule has 0 radical (unpaired) electrons. The van der Waals surface area contributed by atoms with Gasteiger partial charge in [-0.05, 0) is 18.2 Å². The van der Waals surface area contributed by atoms with Crippen molar-refractivity contribution in [2.75, 3.05) is 5.73 Å². The molecule has 0 spiro atoms. The normalized spacial score (nSPS) is 10.2. The smallest absolute Gasteiger partial charge is 0.138 e. The number of rotatable bonds is 3. The number of nitrogens with zero attached hydrogens (tertiary/aromatic N) is 1. The first-order chi connectivity index (χ1) is 7.25. The third-order valence-corrected chi connectivity index (χ3v) is 2.75. The molecule has 1 aromatic carbocycles. The van der Waals surface area contributed by atoms with E-state index in [9.17, 15) is 0 Å². The van der Waals surface area contributed by atoms with Crippen molar-refractivity contribution in [2.24, 2.45) is 0 Å². The van der Waals surface area contributed by atoms with Gasteiger partial charge >= 0.3 is 0 Å². The molecule has 1 aromatic heterocycles. The molecule has 0 amide bonds. The Morgan fingerprint density at radius 1 is 1.47 bits per heavy atom. The molecule has 0 bridgehead atoms. The molecule has 5 heteroatoms. The Labute approximate surface area is 96.5 Å². The number of nitrogens with two attached hydrogens (primary N) is 1. The minimum absolute atomic E-state index is 0.424.